The molecule has 20 heavy (non-hydrogen) atoms. The molecule has 112 valence electrons. The van der Waals surface area contributed by atoms with Crippen molar-refractivity contribution in [2.75, 3.05) is 25.2 Å². The van der Waals surface area contributed by atoms with Crippen LogP contribution in [0.1, 0.15) is 25.5 Å². The Morgan fingerprint density at radius 3 is 2.75 bits per heavy atom. The Morgan fingerprint density at radius 2 is 2.15 bits per heavy atom. The molecule has 1 heterocycles. The maximum absolute atomic E-state index is 14.4. The Balaban J connectivity index is 2.27. The van der Waals surface area contributed by atoms with E-state index in [9.17, 15) is 4.39 Å². The number of benzene rings is 1. The van der Waals surface area contributed by atoms with E-state index in [4.69, 9.17) is 4.74 Å². The van der Waals surface area contributed by atoms with Crippen molar-refractivity contribution in [1.82, 2.24) is 5.32 Å². The normalized spacial score (nSPS) is 24.4. The van der Waals surface area contributed by atoms with E-state index in [1.807, 2.05) is 35.7 Å². The van der Waals surface area contributed by atoms with Crippen molar-refractivity contribution in [2.24, 2.45) is 0 Å². The number of halogens is 1. The Morgan fingerprint density at radius 1 is 1.40 bits per heavy atom. The maximum Gasteiger partial charge on any atom is 0.131 e. The summed E-state index contributed by atoms with van der Waals surface area (Å²) < 4.78 is 19.4. The highest BCUT2D eigenvalue weighted by molar-refractivity contribution is 8.07. The molecular formula is C15H22FNOS2. The van der Waals surface area contributed by atoms with Crippen LogP contribution in [0.15, 0.2) is 18.2 Å². The SMILES string of the molecule is CCNC(c1ccc(OC)cc1F)C1SCCSC1C. The van der Waals surface area contributed by atoms with Gasteiger partial charge in [-0.1, -0.05) is 19.9 Å². The van der Waals surface area contributed by atoms with Crippen molar-refractivity contribution < 1.29 is 9.13 Å². The van der Waals surface area contributed by atoms with Gasteiger partial charge >= 0.3 is 0 Å². The molecule has 0 saturated carbocycles. The molecular weight excluding hydrogens is 293 g/mol. The summed E-state index contributed by atoms with van der Waals surface area (Å²) in [6.45, 7) is 5.15. The molecule has 1 aromatic carbocycles. The number of hydrogen-bond acceptors (Lipinski definition) is 4. The smallest absolute Gasteiger partial charge is 0.131 e. The highest BCUT2D eigenvalue weighted by atomic mass is 32.2. The van der Waals surface area contributed by atoms with Crippen LogP contribution in [0.4, 0.5) is 4.39 Å². The molecule has 1 saturated heterocycles. The highest BCUT2D eigenvalue weighted by Crippen LogP contribution is 2.39. The van der Waals surface area contributed by atoms with E-state index >= 15 is 0 Å². The van der Waals surface area contributed by atoms with Crippen LogP contribution in [0.3, 0.4) is 0 Å². The summed E-state index contributed by atoms with van der Waals surface area (Å²) in [4.78, 5) is 0. The van der Waals surface area contributed by atoms with Gasteiger partial charge < -0.3 is 10.1 Å². The first kappa shape index (κ1) is 16.0. The molecule has 3 unspecified atom stereocenters. The van der Waals surface area contributed by atoms with Crippen LogP contribution in [-0.4, -0.2) is 35.7 Å². The molecule has 1 aromatic rings. The Labute approximate surface area is 129 Å². The first-order chi connectivity index (χ1) is 9.67. The minimum Gasteiger partial charge on any atom is -0.497 e. The molecule has 1 N–H and O–H groups in total. The summed E-state index contributed by atoms with van der Waals surface area (Å²) in [5.41, 5.74) is 0.750. The van der Waals surface area contributed by atoms with Crippen molar-refractivity contribution in [2.45, 2.75) is 30.4 Å². The lowest BCUT2D eigenvalue weighted by Crippen LogP contribution is -2.38. The lowest BCUT2D eigenvalue weighted by Gasteiger charge is -2.35. The Kier molecular flexibility index (Phi) is 6.05. The molecule has 0 aliphatic carbocycles. The predicted octanol–water partition coefficient (Wildman–Crippen LogP) is 3.72. The van der Waals surface area contributed by atoms with Gasteiger partial charge in [-0.2, -0.15) is 23.5 Å². The third kappa shape index (κ3) is 3.62. The topological polar surface area (TPSA) is 21.3 Å². The van der Waals surface area contributed by atoms with Gasteiger partial charge in [0.05, 0.1) is 7.11 Å². The van der Waals surface area contributed by atoms with Crippen molar-refractivity contribution in [3.05, 3.63) is 29.6 Å². The lowest BCUT2D eigenvalue weighted by atomic mass is 10.0. The summed E-state index contributed by atoms with van der Waals surface area (Å²) in [6, 6.07) is 5.23. The van der Waals surface area contributed by atoms with Crippen LogP contribution in [0.5, 0.6) is 5.75 Å². The van der Waals surface area contributed by atoms with Crippen molar-refractivity contribution in [1.29, 1.82) is 0 Å². The van der Waals surface area contributed by atoms with E-state index in [2.05, 4.69) is 19.2 Å². The zero-order chi connectivity index (χ0) is 14.5. The molecule has 5 heteroatoms. The maximum atomic E-state index is 14.4. The largest absolute Gasteiger partial charge is 0.497 e. The number of rotatable bonds is 5. The third-order valence-corrected chi connectivity index (χ3v) is 6.73. The average Bonchev–Trinajstić information content (AvgIpc) is 2.46. The summed E-state index contributed by atoms with van der Waals surface area (Å²) in [7, 11) is 1.56. The molecule has 2 rings (SSSR count). The van der Waals surface area contributed by atoms with Crippen LogP contribution in [0.2, 0.25) is 0 Å². The van der Waals surface area contributed by atoms with E-state index in [0.29, 0.717) is 16.2 Å². The van der Waals surface area contributed by atoms with Gasteiger partial charge in [0, 0.05) is 39.7 Å². The Bertz CT molecular complexity index is 444. The fourth-order valence-electron chi connectivity index (χ4n) is 2.53. The van der Waals surface area contributed by atoms with E-state index < -0.39 is 0 Å². The average molecular weight is 315 g/mol. The van der Waals surface area contributed by atoms with Gasteiger partial charge in [0.2, 0.25) is 0 Å². The molecule has 3 atom stereocenters. The van der Waals surface area contributed by atoms with E-state index in [0.717, 1.165) is 17.9 Å². The van der Waals surface area contributed by atoms with E-state index in [-0.39, 0.29) is 11.9 Å². The monoisotopic (exact) mass is 315 g/mol. The molecule has 1 aliphatic heterocycles. The molecule has 0 radical (unpaired) electrons. The molecule has 0 amide bonds. The second kappa shape index (κ2) is 7.57. The van der Waals surface area contributed by atoms with Gasteiger partial charge in [-0.05, 0) is 12.6 Å². The number of hydrogen-bond donors (Lipinski definition) is 1. The van der Waals surface area contributed by atoms with Crippen molar-refractivity contribution >= 4 is 23.5 Å². The molecule has 1 fully saturated rings. The summed E-state index contributed by atoms with van der Waals surface area (Å²) in [5, 5.41) is 4.39. The fourth-order valence-corrected chi connectivity index (χ4v) is 5.46. The third-order valence-electron chi connectivity index (χ3n) is 3.53. The summed E-state index contributed by atoms with van der Waals surface area (Å²) in [5.74, 6) is 2.71. The van der Waals surface area contributed by atoms with Crippen LogP contribution in [-0.2, 0) is 0 Å². The summed E-state index contributed by atoms with van der Waals surface area (Å²) >= 11 is 3.93. The van der Waals surface area contributed by atoms with Gasteiger partial charge in [-0.25, -0.2) is 4.39 Å². The molecule has 1 aliphatic rings. The van der Waals surface area contributed by atoms with E-state index in [1.165, 1.54) is 11.8 Å². The number of ether oxygens (including phenoxy) is 1. The second-order valence-electron chi connectivity index (χ2n) is 4.83. The van der Waals surface area contributed by atoms with Crippen LogP contribution >= 0.6 is 23.5 Å². The minimum atomic E-state index is -0.182. The zero-order valence-corrected chi connectivity index (χ0v) is 13.8. The minimum absolute atomic E-state index is 0.0544. The van der Waals surface area contributed by atoms with E-state index in [1.54, 1.807) is 7.11 Å². The zero-order valence-electron chi connectivity index (χ0n) is 12.2. The van der Waals surface area contributed by atoms with Gasteiger partial charge in [0.1, 0.15) is 11.6 Å². The molecule has 2 nitrogen and oxygen atoms in total. The quantitative estimate of drug-likeness (QED) is 0.893. The van der Waals surface area contributed by atoms with Crippen LogP contribution in [0.25, 0.3) is 0 Å². The van der Waals surface area contributed by atoms with Crippen LogP contribution < -0.4 is 10.1 Å². The first-order valence-corrected chi connectivity index (χ1v) is 9.07. The number of nitrogens with one attached hydrogen (secondary N) is 1. The van der Waals surface area contributed by atoms with Crippen molar-refractivity contribution in [3.63, 3.8) is 0 Å². The number of thioether (sulfide) groups is 2. The van der Waals surface area contributed by atoms with Gasteiger partial charge in [0.25, 0.3) is 0 Å². The summed E-state index contributed by atoms with van der Waals surface area (Å²) in [6.07, 6.45) is 0. The Hall–Kier alpha value is -0.390. The van der Waals surface area contributed by atoms with Gasteiger partial charge in [-0.15, -0.1) is 0 Å². The molecule has 0 spiro atoms. The van der Waals surface area contributed by atoms with Crippen molar-refractivity contribution in [3.8, 4) is 5.75 Å². The molecule has 0 bridgehead atoms. The highest BCUT2D eigenvalue weighted by Gasteiger charge is 2.32. The number of methoxy groups -OCH3 is 1. The van der Waals surface area contributed by atoms with Crippen LogP contribution in [0, 0.1) is 5.82 Å². The first-order valence-electron chi connectivity index (χ1n) is 6.97. The standard InChI is InChI=1S/C15H22FNOS2/c1-4-17-14(15-10(2)19-7-8-20-15)12-6-5-11(18-3)9-13(12)16/h5-6,9-10,14-15,17H,4,7-8H2,1-3H3. The fraction of sp³-hybridized carbons (Fsp3) is 0.600. The predicted molar refractivity (Wildman–Crippen MR) is 87.5 cm³/mol. The molecule has 0 aromatic heterocycles. The van der Waals surface area contributed by atoms with Gasteiger partial charge in [-0.3, -0.25) is 0 Å². The lowest BCUT2D eigenvalue weighted by molar-refractivity contribution is 0.408. The van der Waals surface area contributed by atoms with Gasteiger partial charge in [0.15, 0.2) is 0 Å². The second-order valence-corrected chi connectivity index (χ2v) is 7.61.